The van der Waals surface area contributed by atoms with Crippen LogP contribution in [0.1, 0.15) is 5.56 Å². The number of nitrogens with zero attached hydrogens (tertiary/aromatic N) is 2. The number of fused-ring (bicyclic) bond motifs is 1. The van der Waals surface area contributed by atoms with Gasteiger partial charge >= 0.3 is 0 Å². The number of rotatable bonds is 2. The van der Waals surface area contributed by atoms with Crippen LogP contribution >= 0.6 is 11.8 Å². The van der Waals surface area contributed by atoms with Gasteiger partial charge in [-0.15, -0.1) is 11.8 Å². The number of para-hydroxylation sites is 1. The lowest BCUT2D eigenvalue weighted by molar-refractivity contribution is 1.32. The van der Waals surface area contributed by atoms with E-state index < -0.39 is 0 Å². The first-order chi connectivity index (χ1) is 9.31. The molecule has 0 saturated heterocycles. The molecule has 0 atom stereocenters. The summed E-state index contributed by atoms with van der Waals surface area (Å²) in [5, 5.41) is 9.08. The van der Waals surface area contributed by atoms with Gasteiger partial charge in [-0.2, -0.15) is 5.26 Å². The maximum Gasteiger partial charge on any atom is 0.138 e. The normalized spacial score (nSPS) is 10.5. The lowest BCUT2D eigenvalue weighted by Crippen LogP contribution is -1.80. The summed E-state index contributed by atoms with van der Waals surface area (Å²) >= 11 is 1.71. The number of nitriles is 1. The highest BCUT2D eigenvalue weighted by Crippen LogP contribution is 2.24. The number of benzene rings is 2. The zero-order chi connectivity index (χ0) is 13.2. The number of aromatic amines is 1. The second-order valence-corrected chi connectivity index (χ2v) is 5.01. The van der Waals surface area contributed by atoms with Gasteiger partial charge in [-0.05, 0) is 30.5 Å². The van der Waals surface area contributed by atoms with Crippen LogP contribution in [-0.2, 0) is 0 Å². The minimum atomic E-state index is 0.598. The molecule has 0 bridgehead atoms. The molecule has 1 aromatic heterocycles. The third-order valence-corrected chi connectivity index (χ3v) is 3.74. The summed E-state index contributed by atoms with van der Waals surface area (Å²) < 4.78 is 0. The summed E-state index contributed by atoms with van der Waals surface area (Å²) in [6, 6.07) is 16.0. The van der Waals surface area contributed by atoms with Crippen LogP contribution in [0.3, 0.4) is 0 Å². The maximum absolute atomic E-state index is 9.08. The Labute approximate surface area is 115 Å². The van der Waals surface area contributed by atoms with Crippen LogP contribution in [0, 0.1) is 11.3 Å². The molecule has 19 heavy (non-hydrogen) atoms. The van der Waals surface area contributed by atoms with Crippen molar-refractivity contribution in [1.29, 1.82) is 5.26 Å². The Balaban J connectivity index is 2.12. The van der Waals surface area contributed by atoms with E-state index in [1.165, 1.54) is 4.90 Å². The molecule has 0 fully saturated rings. The average molecular weight is 265 g/mol. The third-order valence-electron chi connectivity index (χ3n) is 3.00. The fraction of sp³-hybridized carbons (Fsp3) is 0.0667. The summed E-state index contributed by atoms with van der Waals surface area (Å²) in [5.74, 6) is 0.797. The molecule has 0 saturated carbocycles. The van der Waals surface area contributed by atoms with Crippen molar-refractivity contribution in [3.8, 4) is 17.5 Å². The molecule has 0 aliphatic carbocycles. The van der Waals surface area contributed by atoms with E-state index in [0.29, 0.717) is 5.56 Å². The quantitative estimate of drug-likeness (QED) is 0.716. The molecule has 0 spiro atoms. The van der Waals surface area contributed by atoms with Crippen LogP contribution in [0.4, 0.5) is 0 Å². The summed E-state index contributed by atoms with van der Waals surface area (Å²) in [7, 11) is 0. The van der Waals surface area contributed by atoms with Crippen LogP contribution in [-0.4, -0.2) is 16.2 Å². The molecule has 0 unspecified atom stereocenters. The van der Waals surface area contributed by atoms with Crippen molar-refractivity contribution in [2.75, 3.05) is 6.26 Å². The molecule has 92 valence electrons. The molecule has 4 heteroatoms. The van der Waals surface area contributed by atoms with E-state index in [0.717, 1.165) is 22.4 Å². The Morgan fingerprint density at radius 2 is 1.95 bits per heavy atom. The van der Waals surface area contributed by atoms with Crippen molar-refractivity contribution >= 4 is 22.8 Å². The standard InChI is InChI=1S/C15H11N3S/c1-19-12-7-5-10(6-8-12)15-17-13-4-2-3-11(9-16)14(13)18-15/h2-8H,1H3,(H,17,18). The predicted octanol–water partition coefficient (Wildman–Crippen LogP) is 3.82. The predicted molar refractivity (Wildman–Crippen MR) is 78.0 cm³/mol. The van der Waals surface area contributed by atoms with Crippen molar-refractivity contribution in [3.05, 3.63) is 48.0 Å². The summed E-state index contributed by atoms with van der Waals surface area (Å²) in [6.07, 6.45) is 2.05. The van der Waals surface area contributed by atoms with Crippen molar-refractivity contribution < 1.29 is 0 Å². The highest BCUT2D eigenvalue weighted by atomic mass is 32.2. The van der Waals surface area contributed by atoms with E-state index in [2.05, 4.69) is 34.4 Å². The topological polar surface area (TPSA) is 52.5 Å². The zero-order valence-electron chi connectivity index (χ0n) is 10.3. The zero-order valence-corrected chi connectivity index (χ0v) is 11.2. The van der Waals surface area contributed by atoms with Gasteiger partial charge in [-0.25, -0.2) is 4.98 Å². The fourth-order valence-electron chi connectivity index (χ4n) is 2.01. The number of aromatic nitrogens is 2. The van der Waals surface area contributed by atoms with E-state index in [-0.39, 0.29) is 0 Å². The van der Waals surface area contributed by atoms with Crippen LogP contribution < -0.4 is 0 Å². The molecule has 1 heterocycles. The molecule has 3 nitrogen and oxygen atoms in total. The molecule has 3 aromatic rings. The number of nitrogens with one attached hydrogen (secondary N) is 1. The fourth-order valence-corrected chi connectivity index (χ4v) is 2.42. The smallest absolute Gasteiger partial charge is 0.138 e. The average Bonchev–Trinajstić information content (AvgIpc) is 2.91. The Hall–Kier alpha value is -2.25. The first-order valence-corrected chi connectivity index (χ1v) is 7.07. The number of H-pyrrole nitrogens is 1. The van der Waals surface area contributed by atoms with Gasteiger partial charge in [0.15, 0.2) is 0 Å². The molecule has 0 aliphatic rings. The molecular formula is C15H11N3S. The number of thioether (sulfide) groups is 1. The Morgan fingerprint density at radius 1 is 1.16 bits per heavy atom. The van der Waals surface area contributed by atoms with Gasteiger partial charge < -0.3 is 4.98 Å². The van der Waals surface area contributed by atoms with Gasteiger partial charge in [0.05, 0.1) is 11.1 Å². The largest absolute Gasteiger partial charge is 0.338 e. The molecule has 0 aliphatic heterocycles. The minimum Gasteiger partial charge on any atom is -0.338 e. The van der Waals surface area contributed by atoms with Crippen LogP contribution in [0.5, 0.6) is 0 Å². The second kappa shape index (κ2) is 4.79. The van der Waals surface area contributed by atoms with E-state index in [9.17, 15) is 0 Å². The monoisotopic (exact) mass is 265 g/mol. The van der Waals surface area contributed by atoms with E-state index in [1.54, 1.807) is 17.8 Å². The molecule has 3 rings (SSSR count). The van der Waals surface area contributed by atoms with Gasteiger partial charge in [0.2, 0.25) is 0 Å². The van der Waals surface area contributed by atoms with Gasteiger partial charge in [0.1, 0.15) is 17.4 Å². The van der Waals surface area contributed by atoms with Gasteiger partial charge in [-0.3, -0.25) is 0 Å². The van der Waals surface area contributed by atoms with Crippen molar-refractivity contribution in [2.24, 2.45) is 0 Å². The van der Waals surface area contributed by atoms with E-state index in [4.69, 9.17) is 5.26 Å². The van der Waals surface area contributed by atoms with Crippen LogP contribution in [0.15, 0.2) is 47.4 Å². The Morgan fingerprint density at radius 3 is 2.63 bits per heavy atom. The summed E-state index contributed by atoms with van der Waals surface area (Å²) in [4.78, 5) is 9.00. The van der Waals surface area contributed by atoms with Crippen molar-refractivity contribution in [2.45, 2.75) is 4.90 Å². The van der Waals surface area contributed by atoms with Crippen molar-refractivity contribution in [1.82, 2.24) is 9.97 Å². The molecule has 1 N–H and O–H groups in total. The number of imidazole rings is 1. The Kier molecular flexibility index (Phi) is 2.98. The van der Waals surface area contributed by atoms with Gasteiger partial charge in [0.25, 0.3) is 0 Å². The van der Waals surface area contributed by atoms with Gasteiger partial charge in [-0.1, -0.05) is 18.2 Å². The van der Waals surface area contributed by atoms with E-state index in [1.807, 2.05) is 24.3 Å². The molecule has 0 radical (unpaired) electrons. The molecular weight excluding hydrogens is 254 g/mol. The summed E-state index contributed by atoms with van der Waals surface area (Å²) in [5.41, 5.74) is 3.25. The highest BCUT2D eigenvalue weighted by molar-refractivity contribution is 7.98. The van der Waals surface area contributed by atoms with Crippen molar-refractivity contribution in [3.63, 3.8) is 0 Å². The molecule has 2 aromatic carbocycles. The molecule has 0 amide bonds. The summed E-state index contributed by atoms with van der Waals surface area (Å²) in [6.45, 7) is 0. The first-order valence-electron chi connectivity index (χ1n) is 5.85. The lowest BCUT2D eigenvalue weighted by Gasteiger charge is -1.98. The van der Waals surface area contributed by atoms with Crippen LogP contribution in [0.2, 0.25) is 0 Å². The SMILES string of the molecule is CSc1ccc(-c2nc3c(C#N)cccc3[nH]2)cc1. The lowest BCUT2D eigenvalue weighted by atomic mass is 10.2. The number of hydrogen-bond donors (Lipinski definition) is 1. The maximum atomic E-state index is 9.08. The minimum absolute atomic E-state index is 0.598. The van der Waals surface area contributed by atoms with Gasteiger partial charge in [0, 0.05) is 10.5 Å². The highest BCUT2D eigenvalue weighted by Gasteiger charge is 2.08. The van der Waals surface area contributed by atoms with E-state index >= 15 is 0 Å². The second-order valence-electron chi connectivity index (χ2n) is 4.13. The number of hydrogen-bond acceptors (Lipinski definition) is 3. The van der Waals surface area contributed by atoms with Crippen LogP contribution in [0.25, 0.3) is 22.4 Å². The first kappa shape index (κ1) is 11.8. The third kappa shape index (κ3) is 2.09. The Bertz CT molecular complexity index is 766.